The second-order valence-corrected chi connectivity index (χ2v) is 6.53. The minimum absolute atomic E-state index is 0.0669. The van der Waals surface area contributed by atoms with Gasteiger partial charge in [0, 0.05) is 11.6 Å². The number of nitrogens with two attached hydrogens (primary N) is 1. The third-order valence-electron chi connectivity index (χ3n) is 3.45. The third-order valence-corrected chi connectivity index (χ3v) is 5.09. The highest BCUT2D eigenvalue weighted by atomic mass is 32.2. The van der Waals surface area contributed by atoms with E-state index in [1.54, 1.807) is 6.92 Å². The average Bonchev–Trinajstić information content (AvgIpc) is 2.38. The van der Waals surface area contributed by atoms with Crippen LogP contribution in [0, 0.1) is 10.1 Å². The van der Waals surface area contributed by atoms with Gasteiger partial charge in [-0.1, -0.05) is 13.8 Å². The summed E-state index contributed by atoms with van der Waals surface area (Å²) in [6, 6.07) is 3.46. The molecule has 1 rings (SSSR count). The lowest BCUT2D eigenvalue weighted by Gasteiger charge is -2.27. The van der Waals surface area contributed by atoms with Crippen LogP contribution in [-0.2, 0) is 10.0 Å². The zero-order valence-electron chi connectivity index (χ0n) is 11.7. The molecule has 0 bridgehead atoms. The molecule has 3 N–H and O–H groups in total. The van der Waals surface area contributed by atoms with E-state index in [0.29, 0.717) is 12.8 Å². The minimum Gasteiger partial charge on any atom is -0.393 e. The van der Waals surface area contributed by atoms with Crippen molar-refractivity contribution in [2.45, 2.75) is 44.0 Å². The second-order valence-electron chi connectivity index (χ2n) is 4.85. The van der Waals surface area contributed by atoms with E-state index in [2.05, 4.69) is 4.72 Å². The van der Waals surface area contributed by atoms with Crippen LogP contribution >= 0.6 is 0 Å². The van der Waals surface area contributed by atoms with E-state index < -0.39 is 26.2 Å². The summed E-state index contributed by atoms with van der Waals surface area (Å²) in [5.41, 5.74) is 4.39. The minimum atomic E-state index is -3.82. The summed E-state index contributed by atoms with van der Waals surface area (Å²) in [7, 11) is -3.82. The van der Waals surface area contributed by atoms with Crippen molar-refractivity contribution in [3.63, 3.8) is 0 Å². The Balaban J connectivity index is 3.23. The van der Waals surface area contributed by atoms with Gasteiger partial charge in [0.15, 0.2) is 0 Å². The van der Waals surface area contributed by atoms with Gasteiger partial charge in [-0.2, -0.15) is 0 Å². The smallest absolute Gasteiger partial charge is 0.293 e. The topological polar surface area (TPSA) is 115 Å². The standard InChI is InChI=1S/C12H19N3O4S/c1-4-12(3,5-2)14-20(18,19)9-6-7-10(13)11(8-9)15(16)17/h6-8,14H,4-5,13H2,1-3H3. The zero-order chi connectivity index (χ0) is 15.6. The summed E-state index contributed by atoms with van der Waals surface area (Å²) < 4.78 is 27.1. The Kier molecular flexibility index (Phi) is 4.72. The third kappa shape index (κ3) is 3.45. The summed E-state index contributed by atoms with van der Waals surface area (Å²) in [5, 5.41) is 10.8. The maximum absolute atomic E-state index is 12.3. The quantitative estimate of drug-likeness (QED) is 0.474. The molecule has 0 amide bonds. The molecule has 0 aliphatic carbocycles. The van der Waals surface area contributed by atoms with Gasteiger partial charge in [0.1, 0.15) is 5.69 Å². The predicted molar refractivity (Wildman–Crippen MR) is 76.8 cm³/mol. The molecule has 0 atom stereocenters. The molecule has 0 saturated heterocycles. The molecule has 1 aromatic carbocycles. The van der Waals surface area contributed by atoms with Crippen LogP contribution in [-0.4, -0.2) is 18.9 Å². The fourth-order valence-electron chi connectivity index (χ4n) is 1.63. The summed E-state index contributed by atoms with van der Waals surface area (Å²) >= 11 is 0. The number of hydrogen-bond donors (Lipinski definition) is 2. The fraction of sp³-hybridized carbons (Fsp3) is 0.500. The molecule has 0 aromatic heterocycles. The van der Waals surface area contributed by atoms with Gasteiger partial charge in [-0.15, -0.1) is 0 Å². The van der Waals surface area contributed by atoms with Crippen LogP contribution in [0.25, 0.3) is 0 Å². The summed E-state index contributed by atoms with van der Waals surface area (Å²) in [6.45, 7) is 5.53. The Labute approximate surface area is 118 Å². The molecular weight excluding hydrogens is 282 g/mol. The Morgan fingerprint density at radius 1 is 1.35 bits per heavy atom. The first kappa shape index (κ1) is 16.4. The normalized spacial score (nSPS) is 12.3. The number of rotatable bonds is 6. The maximum Gasteiger partial charge on any atom is 0.293 e. The SMILES string of the molecule is CCC(C)(CC)NS(=O)(=O)c1ccc(N)c([N+](=O)[O-])c1. The van der Waals surface area contributed by atoms with Gasteiger partial charge in [-0.05, 0) is 31.9 Å². The average molecular weight is 301 g/mol. The molecule has 7 nitrogen and oxygen atoms in total. The molecular formula is C12H19N3O4S. The van der Waals surface area contributed by atoms with Crippen LogP contribution in [0.3, 0.4) is 0 Å². The predicted octanol–water partition coefficient (Wildman–Crippen LogP) is 2.03. The van der Waals surface area contributed by atoms with Gasteiger partial charge in [-0.3, -0.25) is 10.1 Å². The van der Waals surface area contributed by atoms with Crippen molar-refractivity contribution in [1.82, 2.24) is 4.72 Å². The highest BCUT2D eigenvalue weighted by Crippen LogP contribution is 2.26. The van der Waals surface area contributed by atoms with E-state index in [1.807, 2.05) is 13.8 Å². The Bertz CT molecular complexity index is 609. The van der Waals surface area contributed by atoms with Gasteiger partial charge < -0.3 is 5.73 Å². The van der Waals surface area contributed by atoms with E-state index in [4.69, 9.17) is 5.73 Å². The molecule has 0 saturated carbocycles. The number of anilines is 1. The Morgan fingerprint density at radius 3 is 2.35 bits per heavy atom. The molecule has 0 aliphatic heterocycles. The Morgan fingerprint density at radius 2 is 1.90 bits per heavy atom. The van der Waals surface area contributed by atoms with Crippen LogP contribution in [0.1, 0.15) is 33.6 Å². The van der Waals surface area contributed by atoms with Gasteiger partial charge in [0.05, 0.1) is 9.82 Å². The number of benzene rings is 1. The lowest BCUT2D eigenvalue weighted by atomic mass is 9.98. The van der Waals surface area contributed by atoms with Crippen molar-refractivity contribution in [3.8, 4) is 0 Å². The zero-order valence-corrected chi connectivity index (χ0v) is 12.5. The molecule has 1 aromatic rings. The van der Waals surface area contributed by atoms with E-state index in [0.717, 1.165) is 6.07 Å². The number of sulfonamides is 1. The van der Waals surface area contributed by atoms with Crippen LogP contribution in [0.15, 0.2) is 23.1 Å². The molecule has 0 spiro atoms. The van der Waals surface area contributed by atoms with Crippen molar-refractivity contribution in [1.29, 1.82) is 0 Å². The van der Waals surface area contributed by atoms with Crippen molar-refractivity contribution in [3.05, 3.63) is 28.3 Å². The Hall–Kier alpha value is -1.67. The monoisotopic (exact) mass is 301 g/mol. The number of nitro benzene ring substituents is 1. The number of nitro groups is 1. The molecule has 0 heterocycles. The fourth-order valence-corrected chi connectivity index (χ4v) is 3.20. The largest absolute Gasteiger partial charge is 0.393 e. The first-order chi connectivity index (χ1) is 9.15. The molecule has 0 fully saturated rings. The molecule has 8 heteroatoms. The lowest BCUT2D eigenvalue weighted by molar-refractivity contribution is -0.384. The highest BCUT2D eigenvalue weighted by molar-refractivity contribution is 7.89. The lowest BCUT2D eigenvalue weighted by Crippen LogP contribution is -2.44. The van der Waals surface area contributed by atoms with Crippen molar-refractivity contribution in [2.24, 2.45) is 0 Å². The number of hydrogen-bond acceptors (Lipinski definition) is 5. The van der Waals surface area contributed by atoms with Crippen molar-refractivity contribution < 1.29 is 13.3 Å². The first-order valence-electron chi connectivity index (χ1n) is 6.23. The first-order valence-corrected chi connectivity index (χ1v) is 7.71. The summed E-state index contributed by atoms with van der Waals surface area (Å²) in [6.07, 6.45) is 1.22. The van der Waals surface area contributed by atoms with Gasteiger partial charge in [-0.25, -0.2) is 13.1 Å². The van der Waals surface area contributed by atoms with E-state index >= 15 is 0 Å². The maximum atomic E-state index is 12.3. The second kappa shape index (κ2) is 5.76. The number of nitrogen functional groups attached to an aromatic ring is 1. The summed E-state index contributed by atoms with van der Waals surface area (Å²) in [4.78, 5) is 9.95. The van der Waals surface area contributed by atoms with Gasteiger partial charge >= 0.3 is 0 Å². The van der Waals surface area contributed by atoms with Crippen LogP contribution in [0.5, 0.6) is 0 Å². The van der Waals surface area contributed by atoms with Crippen LogP contribution in [0.4, 0.5) is 11.4 Å². The van der Waals surface area contributed by atoms with E-state index in [-0.39, 0.29) is 10.6 Å². The van der Waals surface area contributed by atoms with Gasteiger partial charge in [0.25, 0.3) is 5.69 Å². The van der Waals surface area contributed by atoms with Crippen LogP contribution in [0.2, 0.25) is 0 Å². The summed E-state index contributed by atoms with van der Waals surface area (Å²) in [5.74, 6) is 0. The van der Waals surface area contributed by atoms with E-state index in [1.165, 1.54) is 12.1 Å². The highest BCUT2D eigenvalue weighted by Gasteiger charge is 2.28. The molecule has 0 unspecified atom stereocenters. The number of nitrogens with one attached hydrogen (secondary N) is 1. The van der Waals surface area contributed by atoms with Crippen LogP contribution < -0.4 is 10.5 Å². The molecule has 0 radical (unpaired) electrons. The van der Waals surface area contributed by atoms with Crippen molar-refractivity contribution in [2.75, 3.05) is 5.73 Å². The van der Waals surface area contributed by atoms with Gasteiger partial charge in [0.2, 0.25) is 10.0 Å². The molecule has 20 heavy (non-hydrogen) atoms. The van der Waals surface area contributed by atoms with Crippen molar-refractivity contribution >= 4 is 21.4 Å². The molecule has 112 valence electrons. The number of nitrogens with zero attached hydrogens (tertiary/aromatic N) is 1. The molecule has 0 aliphatic rings. The van der Waals surface area contributed by atoms with E-state index in [9.17, 15) is 18.5 Å².